The highest BCUT2D eigenvalue weighted by Crippen LogP contribution is 2.29. The summed E-state index contributed by atoms with van der Waals surface area (Å²) >= 11 is 0. The van der Waals surface area contributed by atoms with Gasteiger partial charge >= 0.3 is 5.97 Å². The molecule has 3 aromatic rings. The molecule has 0 aliphatic rings. The number of anilines is 1. The summed E-state index contributed by atoms with van der Waals surface area (Å²) in [6, 6.07) is 10.7. The Morgan fingerprint density at radius 1 is 1.12 bits per heavy atom. The fourth-order valence-corrected chi connectivity index (χ4v) is 2.84. The van der Waals surface area contributed by atoms with E-state index < -0.39 is 18.0 Å². The molecule has 3 rings (SSSR count). The average Bonchev–Trinajstić information content (AvgIpc) is 3.27. The Morgan fingerprint density at radius 3 is 2.56 bits per heavy atom. The summed E-state index contributed by atoms with van der Waals surface area (Å²) in [6.45, 7) is 1.47. The van der Waals surface area contributed by atoms with Gasteiger partial charge in [0.25, 0.3) is 5.91 Å². The second-order valence-corrected chi connectivity index (χ2v) is 6.81. The first-order valence-electron chi connectivity index (χ1n) is 9.82. The number of benzene rings is 2. The minimum atomic E-state index is -1.03. The lowest BCUT2D eigenvalue weighted by molar-refractivity contribution is -0.153. The molecule has 0 spiro atoms. The Hall–Kier alpha value is -3.88. The van der Waals surface area contributed by atoms with Crippen LogP contribution in [0.4, 0.5) is 10.1 Å². The van der Waals surface area contributed by atoms with E-state index in [1.807, 2.05) is 0 Å². The number of carbonyl (C=O) groups excluding carboxylic acids is 2. The van der Waals surface area contributed by atoms with Gasteiger partial charge in [0.2, 0.25) is 0 Å². The number of halogens is 1. The Kier molecular flexibility index (Phi) is 7.43. The van der Waals surface area contributed by atoms with Crippen molar-refractivity contribution in [3.05, 3.63) is 60.4 Å². The number of esters is 1. The van der Waals surface area contributed by atoms with Crippen molar-refractivity contribution in [1.82, 2.24) is 4.98 Å². The standard InChI is InChI=1S/C23H23FN2O6/c1-14(23(28)26-18-12-17(29-2)8-9-19(18)30-3)31-22(27)11-10-21-25-13-20(32-21)15-4-6-16(24)7-5-15/h4-9,12-14H,10-11H2,1-3H3,(H,26,28). The molecule has 0 radical (unpaired) electrons. The van der Waals surface area contributed by atoms with Crippen LogP contribution in [-0.4, -0.2) is 37.2 Å². The van der Waals surface area contributed by atoms with Crippen molar-refractivity contribution in [2.75, 3.05) is 19.5 Å². The van der Waals surface area contributed by atoms with Crippen LogP contribution in [0.1, 0.15) is 19.2 Å². The number of oxazole rings is 1. The number of hydrogen-bond acceptors (Lipinski definition) is 7. The molecule has 0 aliphatic carbocycles. The number of nitrogens with one attached hydrogen (secondary N) is 1. The van der Waals surface area contributed by atoms with E-state index in [0.29, 0.717) is 34.4 Å². The molecular formula is C23H23FN2O6. The zero-order valence-corrected chi connectivity index (χ0v) is 17.9. The molecule has 8 nitrogen and oxygen atoms in total. The fourth-order valence-electron chi connectivity index (χ4n) is 2.84. The number of aromatic nitrogens is 1. The minimum Gasteiger partial charge on any atom is -0.497 e. The molecule has 1 amide bonds. The zero-order valence-electron chi connectivity index (χ0n) is 17.9. The summed E-state index contributed by atoms with van der Waals surface area (Å²) in [6.07, 6.45) is 0.644. The summed E-state index contributed by atoms with van der Waals surface area (Å²) in [4.78, 5) is 28.7. The highest BCUT2D eigenvalue weighted by Gasteiger charge is 2.20. The van der Waals surface area contributed by atoms with Gasteiger partial charge in [-0.3, -0.25) is 9.59 Å². The topological polar surface area (TPSA) is 99.9 Å². The van der Waals surface area contributed by atoms with Gasteiger partial charge in [-0.25, -0.2) is 9.37 Å². The monoisotopic (exact) mass is 442 g/mol. The summed E-state index contributed by atoms with van der Waals surface area (Å²) < 4.78 is 34.2. The number of rotatable bonds is 9. The largest absolute Gasteiger partial charge is 0.497 e. The van der Waals surface area contributed by atoms with Crippen molar-refractivity contribution in [3.8, 4) is 22.8 Å². The first-order valence-corrected chi connectivity index (χ1v) is 9.82. The van der Waals surface area contributed by atoms with Crippen molar-refractivity contribution in [1.29, 1.82) is 0 Å². The van der Waals surface area contributed by atoms with E-state index in [1.165, 1.54) is 39.5 Å². The van der Waals surface area contributed by atoms with Gasteiger partial charge in [-0.2, -0.15) is 0 Å². The maximum atomic E-state index is 13.0. The number of amides is 1. The van der Waals surface area contributed by atoms with Crippen LogP contribution in [0, 0.1) is 5.82 Å². The molecular weight excluding hydrogens is 419 g/mol. The number of ether oxygens (including phenoxy) is 3. The molecule has 1 N–H and O–H groups in total. The van der Waals surface area contributed by atoms with E-state index in [1.54, 1.807) is 30.3 Å². The molecule has 0 bridgehead atoms. The number of aryl methyl sites for hydroxylation is 1. The van der Waals surface area contributed by atoms with Crippen molar-refractivity contribution in [3.63, 3.8) is 0 Å². The number of hydrogen-bond donors (Lipinski definition) is 1. The Labute approximate surface area is 184 Å². The van der Waals surface area contributed by atoms with Crippen LogP contribution >= 0.6 is 0 Å². The maximum absolute atomic E-state index is 13.0. The third kappa shape index (κ3) is 5.84. The van der Waals surface area contributed by atoms with Gasteiger partial charge < -0.3 is 23.9 Å². The maximum Gasteiger partial charge on any atom is 0.307 e. The number of carbonyl (C=O) groups is 2. The van der Waals surface area contributed by atoms with Crippen molar-refractivity contribution >= 4 is 17.6 Å². The van der Waals surface area contributed by atoms with Crippen LogP contribution in [0.5, 0.6) is 11.5 Å². The predicted octanol–water partition coefficient (Wildman–Crippen LogP) is 4.00. The van der Waals surface area contributed by atoms with Crippen LogP contribution in [-0.2, 0) is 20.7 Å². The first-order chi connectivity index (χ1) is 15.4. The van der Waals surface area contributed by atoms with E-state index >= 15 is 0 Å². The average molecular weight is 442 g/mol. The first kappa shape index (κ1) is 22.8. The highest BCUT2D eigenvalue weighted by molar-refractivity contribution is 5.96. The fraction of sp³-hybridized carbons (Fsp3) is 0.261. The van der Waals surface area contributed by atoms with Crippen LogP contribution in [0.15, 0.2) is 53.1 Å². The highest BCUT2D eigenvalue weighted by atomic mass is 19.1. The summed E-state index contributed by atoms with van der Waals surface area (Å²) in [5.74, 6) is 0.341. The van der Waals surface area contributed by atoms with Crippen molar-refractivity contribution in [2.24, 2.45) is 0 Å². The van der Waals surface area contributed by atoms with Crippen LogP contribution in [0.3, 0.4) is 0 Å². The molecule has 1 aromatic heterocycles. The smallest absolute Gasteiger partial charge is 0.307 e. The molecule has 32 heavy (non-hydrogen) atoms. The molecule has 0 aliphatic heterocycles. The molecule has 2 aromatic carbocycles. The SMILES string of the molecule is COc1ccc(OC)c(NC(=O)C(C)OC(=O)CCc2ncc(-c3ccc(F)cc3)o2)c1. The molecule has 1 atom stereocenters. The predicted molar refractivity (Wildman–Crippen MR) is 114 cm³/mol. The molecule has 168 valence electrons. The third-order valence-electron chi connectivity index (χ3n) is 4.57. The summed E-state index contributed by atoms with van der Waals surface area (Å²) in [5, 5.41) is 2.66. The van der Waals surface area contributed by atoms with Gasteiger partial charge in [-0.05, 0) is 43.3 Å². The summed E-state index contributed by atoms with van der Waals surface area (Å²) in [7, 11) is 2.99. The lowest BCUT2D eigenvalue weighted by Crippen LogP contribution is -2.30. The lowest BCUT2D eigenvalue weighted by atomic mass is 10.2. The van der Waals surface area contributed by atoms with Crippen molar-refractivity contribution < 1.29 is 32.6 Å². The Balaban J connectivity index is 1.52. The van der Waals surface area contributed by atoms with Gasteiger partial charge in [0.15, 0.2) is 17.8 Å². The van der Waals surface area contributed by atoms with Crippen LogP contribution in [0.25, 0.3) is 11.3 Å². The van der Waals surface area contributed by atoms with Gasteiger partial charge in [0.05, 0.1) is 32.5 Å². The zero-order chi connectivity index (χ0) is 23.1. The van der Waals surface area contributed by atoms with Gasteiger partial charge in [-0.15, -0.1) is 0 Å². The minimum absolute atomic E-state index is 0.0243. The van der Waals surface area contributed by atoms with E-state index in [2.05, 4.69) is 10.3 Å². The second-order valence-electron chi connectivity index (χ2n) is 6.81. The second kappa shape index (κ2) is 10.4. The molecule has 1 unspecified atom stereocenters. The van der Waals surface area contributed by atoms with Crippen molar-refractivity contribution in [2.45, 2.75) is 25.9 Å². The molecule has 0 saturated heterocycles. The summed E-state index contributed by atoms with van der Waals surface area (Å²) in [5.41, 5.74) is 1.07. The van der Waals surface area contributed by atoms with Gasteiger partial charge in [0.1, 0.15) is 17.3 Å². The lowest BCUT2D eigenvalue weighted by Gasteiger charge is -2.15. The molecule has 9 heteroatoms. The van der Waals surface area contributed by atoms with Crippen LogP contribution in [0.2, 0.25) is 0 Å². The number of nitrogens with zero attached hydrogens (tertiary/aromatic N) is 1. The molecule has 0 saturated carbocycles. The molecule has 1 heterocycles. The van der Waals surface area contributed by atoms with E-state index in [-0.39, 0.29) is 18.7 Å². The van der Waals surface area contributed by atoms with Crippen LogP contribution < -0.4 is 14.8 Å². The number of methoxy groups -OCH3 is 2. The quantitative estimate of drug-likeness (QED) is 0.500. The third-order valence-corrected chi connectivity index (χ3v) is 4.57. The normalized spacial score (nSPS) is 11.5. The Bertz CT molecular complexity index is 1080. The van der Waals surface area contributed by atoms with E-state index in [0.717, 1.165) is 0 Å². The van der Waals surface area contributed by atoms with E-state index in [9.17, 15) is 14.0 Å². The Morgan fingerprint density at radius 2 is 1.88 bits per heavy atom. The van der Waals surface area contributed by atoms with Gasteiger partial charge in [-0.1, -0.05) is 0 Å². The van der Waals surface area contributed by atoms with Gasteiger partial charge in [0, 0.05) is 18.1 Å². The molecule has 0 fully saturated rings. The van der Waals surface area contributed by atoms with E-state index in [4.69, 9.17) is 18.6 Å².